The molecule has 4 aromatic rings. The Kier molecular flexibility index (Phi) is 4.22. The second-order valence-electron chi connectivity index (χ2n) is 5.42. The minimum absolute atomic E-state index is 0.0663. The van der Waals surface area contributed by atoms with Crippen molar-refractivity contribution in [2.45, 2.75) is 13.2 Å². The molecule has 6 nitrogen and oxygen atoms in total. The third-order valence-electron chi connectivity index (χ3n) is 3.73. The Hall–Kier alpha value is -3.06. The van der Waals surface area contributed by atoms with Gasteiger partial charge in [-0.2, -0.15) is 4.80 Å². The van der Waals surface area contributed by atoms with Crippen LogP contribution in [0.3, 0.4) is 0 Å². The van der Waals surface area contributed by atoms with E-state index in [1.165, 1.54) is 16.1 Å². The Morgan fingerprint density at radius 3 is 2.84 bits per heavy atom. The summed E-state index contributed by atoms with van der Waals surface area (Å²) in [4.78, 5) is 14.2. The predicted octanol–water partition coefficient (Wildman–Crippen LogP) is 3.30. The van der Waals surface area contributed by atoms with Crippen molar-refractivity contribution in [2.75, 3.05) is 0 Å². The average molecular weight is 350 g/mol. The number of tetrazole rings is 1. The monoisotopic (exact) mass is 350 g/mol. The van der Waals surface area contributed by atoms with Crippen LogP contribution >= 0.6 is 11.3 Å². The maximum atomic E-state index is 12.1. The van der Waals surface area contributed by atoms with Crippen LogP contribution in [0.25, 0.3) is 21.5 Å². The first kappa shape index (κ1) is 15.5. The molecular weight excluding hydrogens is 336 g/mol. The highest BCUT2D eigenvalue weighted by Crippen LogP contribution is 2.20. The normalized spacial score (nSPS) is 10.9. The Balaban J connectivity index is 1.41. The second kappa shape index (κ2) is 6.82. The molecule has 4 rings (SSSR count). The molecule has 2 aromatic carbocycles. The summed E-state index contributed by atoms with van der Waals surface area (Å²) < 4.78 is 5.38. The van der Waals surface area contributed by atoms with Gasteiger partial charge in [0, 0.05) is 0 Å². The maximum Gasteiger partial charge on any atom is 0.330 e. The van der Waals surface area contributed by atoms with Crippen molar-refractivity contribution in [1.29, 1.82) is 0 Å². The molecule has 0 saturated carbocycles. The van der Waals surface area contributed by atoms with Gasteiger partial charge in [-0.1, -0.05) is 48.5 Å². The van der Waals surface area contributed by atoms with Crippen molar-refractivity contribution in [1.82, 2.24) is 20.2 Å². The van der Waals surface area contributed by atoms with E-state index in [0.29, 0.717) is 5.82 Å². The van der Waals surface area contributed by atoms with Crippen molar-refractivity contribution in [3.05, 3.63) is 65.5 Å². The van der Waals surface area contributed by atoms with Crippen LogP contribution < -0.4 is 0 Å². The van der Waals surface area contributed by atoms with E-state index in [1.54, 1.807) is 0 Å². The van der Waals surface area contributed by atoms with Crippen LogP contribution in [0.1, 0.15) is 5.56 Å². The molecule has 0 fully saturated rings. The molecule has 2 aromatic heterocycles. The van der Waals surface area contributed by atoms with E-state index in [2.05, 4.69) is 15.4 Å². The van der Waals surface area contributed by atoms with Crippen LogP contribution in [0.4, 0.5) is 0 Å². The number of carbonyl (C=O) groups is 1. The first-order valence-electron chi connectivity index (χ1n) is 7.73. The number of aromatic nitrogens is 4. The molecule has 0 atom stereocenters. The maximum absolute atomic E-state index is 12.1. The van der Waals surface area contributed by atoms with Crippen molar-refractivity contribution >= 4 is 28.1 Å². The quantitative estimate of drug-likeness (QED) is 0.517. The molecule has 0 aliphatic heterocycles. The second-order valence-corrected chi connectivity index (χ2v) is 6.37. The number of thiophene rings is 1. The first-order valence-corrected chi connectivity index (χ1v) is 8.61. The van der Waals surface area contributed by atoms with Crippen molar-refractivity contribution in [2.24, 2.45) is 0 Å². The molecule has 0 unspecified atom stereocenters. The van der Waals surface area contributed by atoms with Gasteiger partial charge < -0.3 is 4.74 Å². The molecular formula is C18H14N4O2S. The molecule has 25 heavy (non-hydrogen) atoms. The summed E-state index contributed by atoms with van der Waals surface area (Å²) in [6, 6.07) is 17.8. The van der Waals surface area contributed by atoms with Gasteiger partial charge >= 0.3 is 5.97 Å². The van der Waals surface area contributed by atoms with Gasteiger partial charge in [-0.25, -0.2) is 4.79 Å². The first-order chi connectivity index (χ1) is 12.3. The van der Waals surface area contributed by atoms with Crippen LogP contribution in [-0.4, -0.2) is 26.2 Å². The van der Waals surface area contributed by atoms with E-state index in [4.69, 9.17) is 4.74 Å². The molecule has 0 amide bonds. The molecule has 0 aliphatic carbocycles. The summed E-state index contributed by atoms with van der Waals surface area (Å²) in [6.07, 6.45) is 0. The summed E-state index contributed by atoms with van der Waals surface area (Å²) in [5.74, 6) is 0.111. The minimum atomic E-state index is -0.400. The minimum Gasteiger partial charge on any atom is -0.459 e. The van der Waals surface area contributed by atoms with Gasteiger partial charge in [0.1, 0.15) is 6.61 Å². The van der Waals surface area contributed by atoms with Crippen molar-refractivity contribution in [3.8, 4) is 10.7 Å². The Labute approximate surface area is 147 Å². The van der Waals surface area contributed by atoms with E-state index in [0.717, 1.165) is 21.2 Å². The molecule has 0 aliphatic rings. The largest absolute Gasteiger partial charge is 0.459 e. The summed E-state index contributed by atoms with van der Waals surface area (Å²) in [6.45, 7) is 0.149. The lowest BCUT2D eigenvalue weighted by Crippen LogP contribution is -2.15. The fraction of sp³-hybridized carbons (Fsp3) is 0.111. The van der Waals surface area contributed by atoms with Gasteiger partial charge in [0.15, 0.2) is 6.54 Å². The van der Waals surface area contributed by atoms with Gasteiger partial charge in [0.2, 0.25) is 5.82 Å². The SMILES string of the molecule is O=C(Cn1nnc(-c2cccs2)n1)OCc1cccc2ccccc12. The number of hydrogen-bond acceptors (Lipinski definition) is 6. The van der Waals surface area contributed by atoms with E-state index in [-0.39, 0.29) is 13.2 Å². The highest BCUT2D eigenvalue weighted by Gasteiger charge is 2.11. The molecule has 7 heteroatoms. The van der Waals surface area contributed by atoms with Gasteiger partial charge in [-0.15, -0.1) is 21.5 Å². The zero-order chi connectivity index (χ0) is 17.1. The molecule has 0 N–H and O–H groups in total. The van der Waals surface area contributed by atoms with Gasteiger partial charge in [-0.3, -0.25) is 0 Å². The highest BCUT2D eigenvalue weighted by molar-refractivity contribution is 7.13. The lowest BCUT2D eigenvalue weighted by molar-refractivity contribution is -0.146. The van der Waals surface area contributed by atoms with Crippen LogP contribution in [0, 0.1) is 0 Å². The third-order valence-corrected chi connectivity index (χ3v) is 4.60. The van der Waals surface area contributed by atoms with Gasteiger partial charge in [0.05, 0.1) is 4.88 Å². The van der Waals surface area contributed by atoms with E-state index in [1.807, 2.05) is 60.0 Å². The number of nitrogens with zero attached hydrogens (tertiary/aromatic N) is 4. The van der Waals surface area contributed by atoms with Crippen molar-refractivity contribution < 1.29 is 9.53 Å². The number of rotatable bonds is 5. The predicted molar refractivity (Wildman–Crippen MR) is 94.9 cm³/mol. The lowest BCUT2D eigenvalue weighted by Gasteiger charge is -2.07. The zero-order valence-electron chi connectivity index (χ0n) is 13.2. The van der Waals surface area contributed by atoms with Crippen LogP contribution in [0.15, 0.2) is 60.0 Å². The van der Waals surface area contributed by atoms with Crippen LogP contribution in [-0.2, 0) is 22.7 Å². The molecule has 124 valence electrons. The summed E-state index contributed by atoms with van der Waals surface area (Å²) in [5, 5.41) is 16.2. The number of esters is 1. The fourth-order valence-electron chi connectivity index (χ4n) is 2.55. The van der Waals surface area contributed by atoms with E-state index >= 15 is 0 Å². The molecule has 0 radical (unpaired) electrons. The molecule has 0 saturated heterocycles. The number of hydrogen-bond donors (Lipinski definition) is 0. The number of fused-ring (bicyclic) bond motifs is 1. The van der Waals surface area contributed by atoms with E-state index < -0.39 is 5.97 Å². The Morgan fingerprint density at radius 1 is 1.08 bits per heavy atom. The molecule has 0 spiro atoms. The molecule has 2 heterocycles. The standard InChI is InChI=1S/C18H14N4O2S/c23-17(11-22-20-18(19-21-22)16-9-4-10-25-16)24-12-14-7-3-6-13-5-1-2-8-15(13)14/h1-10H,11-12H2. The average Bonchev–Trinajstić information content (AvgIpc) is 3.31. The van der Waals surface area contributed by atoms with Crippen LogP contribution in [0.5, 0.6) is 0 Å². The van der Waals surface area contributed by atoms with E-state index in [9.17, 15) is 4.79 Å². The van der Waals surface area contributed by atoms with Gasteiger partial charge in [0.25, 0.3) is 0 Å². The topological polar surface area (TPSA) is 69.9 Å². The number of ether oxygens (including phenoxy) is 1. The zero-order valence-corrected chi connectivity index (χ0v) is 14.0. The summed E-state index contributed by atoms with van der Waals surface area (Å²) >= 11 is 1.52. The summed E-state index contributed by atoms with van der Waals surface area (Å²) in [5.41, 5.74) is 0.970. The third kappa shape index (κ3) is 3.41. The highest BCUT2D eigenvalue weighted by atomic mass is 32.1. The van der Waals surface area contributed by atoms with Crippen molar-refractivity contribution in [3.63, 3.8) is 0 Å². The number of carbonyl (C=O) groups excluding carboxylic acids is 1. The molecule has 0 bridgehead atoms. The fourth-order valence-corrected chi connectivity index (χ4v) is 3.20. The Morgan fingerprint density at radius 2 is 1.96 bits per heavy atom. The Bertz CT molecular complexity index is 1010. The summed E-state index contributed by atoms with van der Waals surface area (Å²) in [7, 11) is 0. The van der Waals surface area contributed by atoms with Crippen LogP contribution in [0.2, 0.25) is 0 Å². The lowest BCUT2D eigenvalue weighted by atomic mass is 10.1. The van der Waals surface area contributed by atoms with Gasteiger partial charge in [-0.05, 0) is 33.0 Å². The number of benzene rings is 2. The smallest absolute Gasteiger partial charge is 0.330 e.